The van der Waals surface area contributed by atoms with E-state index in [-0.39, 0.29) is 5.91 Å². The quantitative estimate of drug-likeness (QED) is 0.791. The standard InChI is InChI=1S/C13H17N3O/c1-13(2,10-14)12(17)16(3)9-6-11-4-7-15-8-5-11/h4-5,7-8H,6,9H2,1-3H3. The van der Waals surface area contributed by atoms with Gasteiger partial charge in [0, 0.05) is 26.0 Å². The zero-order valence-electron chi connectivity index (χ0n) is 10.5. The van der Waals surface area contributed by atoms with E-state index in [0.717, 1.165) is 12.0 Å². The molecule has 1 aromatic rings. The minimum atomic E-state index is -0.951. The first-order valence-corrected chi connectivity index (χ1v) is 5.53. The third-order valence-corrected chi connectivity index (χ3v) is 2.65. The molecule has 1 amide bonds. The number of pyridine rings is 1. The number of nitrogens with zero attached hydrogens (tertiary/aromatic N) is 3. The summed E-state index contributed by atoms with van der Waals surface area (Å²) in [5.41, 5.74) is 0.182. The normalized spacial score (nSPS) is 10.7. The molecule has 0 saturated heterocycles. The molecule has 0 N–H and O–H groups in total. The van der Waals surface area contributed by atoms with Crippen LogP contribution < -0.4 is 0 Å². The Morgan fingerprint density at radius 2 is 2.06 bits per heavy atom. The molecule has 0 aliphatic carbocycles. The summed E-state index contributed by atoms with van der Waals surface area (Å²) in [6.07, 6.45) is 4.24. The Morgan fingerprint density at radius 1 is 1.47 bits per heavy atom. The predicted octanol–water partition coefficient (Wildman–Crippen LogP) is 1.63. The minimum Gasteiger partial charge on any atom is -0.344 e. The van der Waals surface area contributed by atoms with Gasteiger partial charge in [-0.2, -0.15) is 5.26 Å². The van der Waals surface area contributed by atoms with Gasteiger partial charge in [-0.25, -0.2) is 0 Å². The first kappa shape index (κ1) is 13.2. The third-order valence-electron chi connectivity index (χ3n) is 2.65. The maximum absolute atomic E-state index is 11.9. The fourth-order valence-electron chi connectivity index (χ4n) is 1.47. The molecule has 0 spiro atoms. The van der Waals surface area contributed by atoms with Crippen LogP contribution in [0.3, 0.4) is 0 Å². The monoisotopic (exact) mass is 231 g/mol. The van der Waals surface area contributed by atoms with E-state index in [4.69, 9.17) is 5.26 Å². The average Bonchev–Trinajstić information content (AvgIpc) is 2.36. The molecule has 17 heavy (non-hydrogen) atoms. The van der Waals surface area contributed by atoms with Gasteiger partial charge in [-0.3, -0.25) is 9.78 Å². The molecule has 0 radical (unpaired) electrons. The second-order valence-corrected chi connectivity index (χ2v) is 4.57. The van der Waals surface area contributed by atoms with Crippen molar-refractivity contribution in [2.75, 3.05) is 13.6 Å². The summed E-state index contributed by atoms with van der Waals surface area (Å²) < 4.78 is 0. The number of hydrogen-bond donors (Lipinski definition) is 0. The number of rotatable bonds is 4. The Balaban J connectivity index is 2.54. The van der Waals surface area contributed by atoms with Crippen LogP contribution in [0.2, 0.25) is 0 Å². The molecule has 0 atom stereocenters. The van der Waals surface area contributed by atoms with Gasteiger partial charge >= 0.3 is 0 Å². The lowest BCUT2D eigenvalue weighted by Gasteiger charge is -2.23. The number of carbonyl (C=O) groups is 1. The Morgan fingerprint density at radius 3 is 2.59 bits per heavy atom. The molecular weight excluding hydrogens is 214 g/mol. The Labute approximate surface area is 102 Å². The summed E-state index contributed by atoms with van der Waals surface area (Å²) in [4.78, 5) is 17.4. The molecule has 0 fully saturated rings. The molecule has 90 valence electrons. The van der Waals surface area contributed by atoms with Crippen LogP contribution in [-0.4, -0.2) is 29.4 Å². The lowest BCUT2D eigenvalue weighted by molar-refractivity contribution is -0.136. The van der Waals surface area contributed by atoms with Crippen molar-refractivity contribution in [3.63, 3.8) is 0 Å². The van der Waals surface area contributed by atoms with E-state index < -0.39 is 5.41 Å². The molecule has 0 aliphatic rings. The lowest BCUT2D eigenvalue weighted by Crippen LogP contribution is -2.38. The Bertz CT molecular complexity index is 420. The van der Waals surface area contributed by atoms with Crippen molar-refractivity contribution in [1.29, 1.82) is 5.26 Å². The van der Waals surface area contributed by atoms with Gasteiger partial charge in [0.1, 0.15) is 5.41 Å². The van der Waals surface area contributed by atoms with Gasteiger partial charge in [-0.05, 0) is 38.0 Å². The van der Waals surface area contributed by atoms with Gasteiger partial charge in [0.05, 0.1) is 6.07 Å². The first-order chi connectivity index (χ1) is 7.97. The van der Waals surface area contributed by atoms with Crippen LogP contribution >= 0.6 is 0 Å². The fourth-order valence-corrected chi connectivity index (χ4v) is 1.47. The van der Waals surface area contributed by atoms with E-state index in [1.807, 2.05) is 18.2 Å². The maximum Gasteiger partial charge on any atom is 0.242 e. The lowest BCUT2D eigenvalue weighted by atomic mass is 9.94. The molecule has 0 bridgehead atoms. The predicted molar refractivity (Wildman–Crippen MR) is 65.0 cm³/mol. The summed E-state index contributed by atoms with van der Waals surface area (Å²) >= 11 is 0. The van der Waals surface area contributed by atoms with Crippen LogP contribution in [0.5, 0.6) is 0 Å². The Kier molecular flexibility index (Phi) is 4.22. The zero-order valence-corrected chi connectivity index (χ0v) is 10.5. The van der Waals surface area contributed by atoms with Gasteiger partial charge in [0.2, 0.25) is 5.91 Å². The molecule has 1 aromatic heterocycles. The summed E-state index contributed by atoms with van der Waals surface area (Å²) in [5.74, 6) is -0.144. The molecule has 0 unspecified atom stereocenters. The van der Waals surface area contributed by atoms with Crippen molar-refractivity contribution < 1.29 is 4.79 Å². The van der Waals surface area contributed by atoms with Crippen LogP contribution in [-0.2, 0) is 11.2 Å². The maximum atomic E-state index is 11.9. The van der Waals surface area contributed by atoms with Crippen LogP contribution in [0.4, 0.5) is 0 Å². The molecule has 0 aliphatic heterocycles. The van der Waals surface area contributed by atoms with Gasteiger partial charge in [-0.15, -0.1) is 0 Å². The van der Waals surface area contributed by atoms with Gasteiger partial charge < -0.3 is 4.90 Å². The minimum absolute atomic E-state index is 0.144. The van der Waals surface area contributed by atoms with E-state index in [0.29, 0.717) is 6.54 Å². The fraction of sp³-hybridized carbons (Fsp3) is 0.462. The van der Waals surface area contributed by atoms with E-state index in [1.54, 1.807) is 38.2 Å². The SMILES string of the molecule is CN(CCc1ccncc1)C(=O)C(C)(C)C#N. The number of aromatic nitrogens is 1. The zero-order chi connectivity index (χ0) is 12.9. The summed E-state index contributed by atoms with van der Waals surface area (Å²) in [6.45, 7) is 3.88. The number of amides is 1. The van der Waals surface area contributed by atoms with Crippen molar-refractivity contribution >= 4 is 5.91 Å². The average molecular weight is 231 g/mol. The highest BCUT2D eigenvalue weighted by atomic mass is 16.2. The first-order valence-electron chi connectivity index (χ1n) is 5.53. The van der Waals surface area contributed by atoms with Crippen molar-refractivity contribution in [1.82, 2.24) is 9.88 Å². The third kappa shape index (κ3) is 3.56. The molecule has 0 saturated carbocycles. The highest BCUT2D eigenvalue weighted by Gasteiger charge is 2.29. The van der Waals surface area contributed by atoms with Crippen molar-refractivity contribution in [3.05, 3.63) is 30.1 Å². The molecule has 4 heteroatoms. The summed E-state index contributed by atoms with van der Waals surface area (Å²) in [6, 6.07) is 5.87. The Hall–Kier alpha value is -1.89. The van der Waals surface area contributed by atoms with E-state index in [2.05, 4.69) is 4.98 Å². The highest BCUT2D eigenvalue weighted by Crippen LogP contribution is 2.16. The van der Waals surface area contributed by atoms with E-state index >= 15 is 0 Å². The smallest absolute Gasteiger partial charge is 0.242 e. The second-order valence-electron chi connectivity index (χ2n) is 4.57. The van der Waals surface area contributed by atoms with Crippen molar-refractivity contribution in [2.24, 2.45) is 5.41 Å². The van der Waals surface area contributed by atoms with Gasteiger partial charge in [0.15, 0.2) is 0 Å². The summed E-state index contributed by atoms with van der Waals surface area (Å²) in [7, 11) is 1.72. The number of nitriles is 1. The summed E-state index contributed by atoms with van der Waals surface area (Å²) in [5, 5.41) is 8.89. The number of hydrogen-bond acceptors (Lipinski definition) is 3. The van der Waals surface area contributed by atoms with E-state index in [1.165, 1.54) is 0 Å². The van der Waals surface area contributed by atoms with Crippen LogP contribution in [0.25, 0.3) is 0 Å². The topological polar surface area (TPSA) is 57.0 Å². The highest BCUT2D eigenvalue weighted by molar-refractivity contribution is 5.84. The number of likely N-dealkylation sites (N-methyl/N-ethyl adjacent to an activating group) is 1. The van der Waals surface area contributed by atoms with Crippen molar-refractivity contribution in [3.8, 4) is 6.07 Å². The van der Waals surface area contributed by atoms with Crippen LogP contribution in [0.15, 0.2) is 24.5 Å². The van der Waals surface area contributed by atoms with E-state index in [9.17, 15) is 4.79 Å². The number of carbonyl (C=O) groups excluding carboxylic acids is 1. The largest absolute Gasteiger partial charge is 0.344 e. The molecule has 1 heterocycles. The van der Waals surface area contributed by atoms with Gasteiger partial charge in [0.25, 0.3) is 0 Å². The molecular formula is C13H17N3O. The second kappa shape index (κ2) is 5.44. The molecule has 1 rings (SSSR count). The van der Waals surface area contributed by atoms with Gasteiger partial charge in [-0.1, -0.05) is 0 Å². The molecule has 0 aromatic carbocycles. The van der Waals surface area contributed by atoms with Crippen molar-refractivity contribution in [2.45, 2.75) is 20.3 Å². The van der Waals surface area contributed by atoms with Crippen LogP contribution in [0.1, 0.15) is 19.4 Å². The molecule has 4 nitrogen and oxygen atoms in total. The van der Waals surface area contributed by atoms with Crippen LogP contribution in [0, 0.1) is 16.7 Å².